The standard InChI is InChI=1S/C18H21ClN6O2/c1-3-26-16-8-14(10-21-25-18(20)22-23-24-25)15(19)9-17(16)27-11-13-6-4-5-12(2)7-13/h4-9,21H,3,10-11H2,1-2H3,(H2,20,22,24). The van der Waals surface area contributed by atoms with E-state index in [4.69, 9.17) is 26.8 Å². The Morgan fingerprint density at radius 3 is 2.70 bits per heavy atom. The predicted octanol–water partition coefficient (Wildman–Crippen LogP) is 2.94. The Morgan fingerprint density at radius 2 is 2.00 bits per heavy atom. The van der Waals surface area contributed by atoms with E-state index in [0.29, 0.717) is 36.3 Å². The summed E-state index contributed by atoms with van der Waals surface area (Å²) < 4.78 is 11.7. The van der Waals surface area contributed by atoms with Gasteiger partial charge in [0.25, 0.3) is 5.95 Å². The summed E-state index contributed by atoms with van der Waals surface area (Å²) in [5.41, 5.74) is 11.7. The molecule has 0 aliphatic carbocycles. The van der Waals surface area contributed by atoms with Crippen molar-refractivity contribution in [2.24, 2.45) is 0 Å². The van der Waals surface area contributed by atoms with Gasteiger partial charge in [0.2, 0.25) is 0 Å². The van der Waals surface area contributed by atoms with Crippen molar-refractivity contribution < 1.29 is 9.47 Å². The smallest absolute Gasteiger partial charge is 0.260 e. The Balaban J connectivity index is 1.75. The lowest BCUT2D eigenvalue weighted by atomic mass is 10.1. The van der Waals surface area contributed by atoms with E-state index in [1.807, 2.05) is 38.1 Å². The highest BCUT2D eigenvalue weighted by Crippen LogP contribution is 2.34. The molecule has 27 heavy (non-hydrogen) atoms. The minimum Gasteiger partial charge on any atom is -0.490 e. The first-order valence-corrected chi connectivity index (χ1v) is 8.86. The summed E-state index contributed by atoms with van der Waals surface area (Å²) in [5, 5.41) is 11.4. The molecule has 0 radical (unpaired) electrons. The number of ether oxygens (including phenoxy) is 2. The fourth-order valence-electron chi connectivity index (χ4n) is 2.52. The molecular formula is C18H21ClN6O2. The Bertz CT molecular complexity index is 915. The topological polar surface area (TPSA) is 100 Å². The molecule has 0 amide bonds. The van der Waals surface area contributed by atoms with Gasteiger partial charge in [0.05, 0.1) is 13.2 Å². The first kappa shape index (κ1) is 18.8. The van der Waals surface area contributed by atoms with Crippen molar-refractivity contribution in [1.82, 2.24) is 20.3 Å². The zero-order chi connectivity index (χ0) is 19.2. The van der Waals surface area contributed by atoms with E-state index in [1.54, 1.807) is 6.07 Å². The molecule has 0 fully saturated rings. The monoisotopic (exact) mass is 388 g/mol. The molecule has 8 nitrogen and oxygen atoms in total. The van der Waals surface area contributed by atoms with Gasteiger partial charge in [0.1, 0.15) is 6.61 Å². The average Bonchev–Trinajstić information content (AvgIpc) is 3.05. The second-order valence-corrected chi connectivity index (χ2v) is 6.29. The van der Waals surface area contributed by atoms with Crippen LogP contribution in [0.3, 0.4) is 0 Å². The Hall–Kier alpha value is -3.00. The van der Waals surface area contributed by atoms with Crippen LogP contribution in [0.25, 0.3) is 0 Å². The summed E-state index contributed by atoms with van der Waals surface area (Å²) in [6, 6.07) is 11.7. The van der Waals surface area contributed by atoms with Gasteiger partial charge in [0.15, 0.2) is 11.5 Å². The minimum absolute atomic E-state index is 0.161. The number of nitrogen functional groups attached to an aromatic ring is 1. The molecule has 1 heterocycles. The van der Waals surface area contributed by atoms with Crippen LogP contribution in [0.5, 0.6) is 11.5 Å². The molecule has 0 spiro atoms. The van der Waals surface area contributed by atoms with E-state index < -0.39 is 0 Å². The van der Waals surface area contributed by atoms with Crippen molar-refractivity contribution in [3.8, 4) is 11.5 Å². The highest BCUT2D eigenvalue weighted by molar-refractivity contribution is 6.31. The van der Waals surface area contributed by atoms with Crippen LogP contribution in [0.1, 0.15) is 23.6 Å². The van der Waals surface area contributed by atoms with Gasteiger partial charge in [0, 0.05) is 11.1 Å². The molecule has 0 saturated heterocycles. The second kappa shape index (κ2) is 8.59. The van der Waals surface area contributed by atoms with Crippen molar-refractivity contribution in [2.75, 3.05) is 17.8 Å². The van der Waals surface area contributed by atoms with Crippen LogP contribution in [0.4, 0.5) is 5.95 Å². The van der Waals surface area contributed by atoms with E-state index >= 15 is 0 Å². The van der Waals surface area contributed by atoms with Crippen LogP contribution in [0, 0.1) is 6.92 Å². The number of aryl methyl sites for hydroxylation is 1. The molecule has 0 aliphatic rings. The van der Waals surface area contributed by atoms with Gasteiger partial charge in [-0.2, -0.15) is 0 Å². The summed E-state index contributed by atoms with van der Waals surface area (Å²) in [7, 11) is 0. The van der Waals surface area contributed by atoms with Gasteiger partial charge in [-0.15, -0.1) is 4.79 Å². The van der Waals surface area contributed by atoms with Crippen LogP contribution >= 0.6 is 11.6 Å². The summed E-state index contributed by atoms with van der Waals surface area (Å²) in [5.74, 6) is 1.37. The molecular weight excluding hydrogens is 368 g/mol. The highest BCUT2D eigenvalue weighted by Gasteiger charge is 2.12. The molecule has 0 aliphatic heterocycles. The van der Waals surface area contributed by atoms with Crippen LogP contribution in [-0.2, 0) is 13.2 Å². The van der Waals surface area contributed by atoms with Crippen LogP contribution < -0.4 is 20.6 Å². The number of hydrogen-bond acceptors (Lipinski definition) is 7. The summed E-state index contributed by atoms with van der Waals surface area (Å²) in [6.07, 6.45) is 0. The third-order valence-corrected chi connectivity index (χ3v) is 4.15. The summed E-state index contributed by atoms with van der Waals surface area (Å²) in [4.78, 5) is 1.28. The third-order valence-electron chi connectivity index (χ3n) is 3.80. The van der Waals surface area contributed by atoms with Crippen LogP contribution in [0.2, 0.25) is 5.02 Å². The van der Waals surface area contributed by atoms with Crippen LogP contribution in [0.15, 0.2) is 36.4 Å². The fourth-order valence-corrected chi connectivity index (χ4v) is 2.74. The van der Waals surface area contributed by atoms with Gasteiger partial charge >= 0.3 is 0 Å². The second-order valence-electron chi connectivity index (χ2n) is 5.88. The number of halogens is 1. The number of tetrazole rings is 1. The molecule has 0 bridgehead atoms. The number of nitrogens with one attached hydrogen (secondary N) is 1. The van der Waals surface area contributed by atoms with Crippen molar-refractivity contribution in [3.05, 3.63) is 58.1 Å². The van der Waals surface area contributed by atoms with Crippen molar-refractivity contribution >= 4 is 17.5 Å². The minimum atomic E-state index is 0.161. The first-order chi connectivity index (χ1) is 13.1. The van der Waals surface area contributed by atoms with Gasteiger partial charge in [-0.05, 0) is 41.5 Å². The highest BCUT2D eigenvalue weighted by atomic mass is 35.5. The normalized spacial score (nSPS) is 10.6. The maximum Gasteiger partial charge on any atom is 0.260 e. The molecule has 0 unspecified atom stereocenters. The Morgan fingerprint density at radius 1 is 1.19 bits per heavy atom. The number of rotatable bonds is 8. The SMILES string of the molecule is CCOc1cc(CNn2nnnc2N)c(Cl)cc1OCc1cccc(C)c1. The number of hydrogen-bond donors (Lipinski definition) is 2. The number of nitrogens with two attached hydrogens (primary N) is 1. The number of benzene rings is 2. The number of aromatic nitrogens is 4. The quantitative estimate of drug-likeness (QED) is 0.611. The first-order valence-electron chi connectivity index (χ1n) is 8.48. The lowest BCUT2D eigenvalue weighted by Crippen LogP contribution is -2.18. The Labute approximate surface area is 162 Å². The van der Waals surface area contributed by atoms with E-state index in [9.17, 15) is 0 Å². The van der Waals surface area contributed by atoms with Gasteiger partial charge in [-0.1, -0.05) is 46.5 Å². The lowest BCUT2D eigenvalue weighted by Gasteiger charge is -2.15. The zero-order valence-corrected chi connectivity index (χ0v) is 15.9. The number of nitrogens with zero attached hydrogens (tertiary/aromatic N) is 4. The molecule has 3 aromatic rings. The van der Waals surface area contributed by atoms with Crippen molar-refractivity contribution in [3.63, 3.8) is 0 Å². The zero-order valence-electron chi connectivity index (χ0n) is 15.1. The van der Waals surface area contributed by atoms with Crippen molar-refractivity contribution in [2.45, 2.75) is 27.0 Å². The molecule has 9 heteroatoms. The molecule has 142 valence electrons. The van der Waals surface area contributed by atoms with E-state index in [2.05, 4.69) is 27.0 Å². The fraction of sp³-hybridized carbons (Fsp3) is 0.278. The third kappa shape index (κ3) is 4.79. The van der Waals surface area contributed by atoms with E-state index in [-0.39, 0.29) is 5.95 Å². The molecule has 1 aromatic heterocycles. The van der Waals surface area contributed by atoms with Crippen molar-refractivity contribution in [1.29, 1.82) is 0 Å². The molecule has 3 rings (SSSR count). The molecule has 0 atom stereocenters. The maximum atomic E-state index is 6.42. The predicted molar refractivity (Wildman–Crippen MR) is 103 cm³/mol. The molecule has 3 N–H and O–H groups in total. The maximum absolute atomic E-state index is 6.42. The molecule has 2 aromatic carbocycles. The van der Waals surface area contributed by atoms with Crippen LogP contribution in [-0.4, -0.2) is 26.9 Å². The lowest BCUT2D eigenvalue weighted by molar-refractivity contribution is 0.269. The van der Waals surface area contributed by atoms with Gasteiger partial charge < -0.3 is 20.6 Å². The largest absolute Gasteiger partial charge is 0.490 e. The average molecular weight is 389 g/mol. The summed E-state index contributed by atoms with van der Waals surface area (Å²) >= 11 is 6.42. The van der Waals surface area contributed by atoms with E-state index in [0.717, 1.165) is 11.1 Å². The Kier molecular flexibility index (Phi) is 5.97. The van der Waals surface area contributed by atoms with Gasteiger partial charge in [-0.3, -0.25) is 0 Å². The van der Waals surface area contributed by atoms with Gasteiger partial charge in [-0.25, -0.2) is 0 Å². The summed E-state index contributed by atoms with van der Waals surface area (Å²) in [6.45, 7) is 5.27. The molecule has 0 saturated carbocycles. The van der Waals surface area contributed by atoms with E-state index in [1.165, 1.54) is 10.4 Å². The number of anilines is 1.